The van der Waals surface area contributed by atoms with Crippen LogP contribution in [0.2, 0.25) is 0 Å². The number of sulfonamides is 2. The normalized spacial score (nSPS) is 19.8. The third kappa shape index (κ3) is 4.59. The molecule has 32 heavy (non-hydrogen) atoms. The Morgan fingerprint density at radius 2 is 1.44 bits per heavy atom. The minimum atomic E-state index is -4.94. The van der Waals surface area contributed by atoms with Crippen LogP contribution in [0.1, 0.15) is 31.4 Å². The van der Waals surface area contributed by atoms with Crippen molar-refractivity contribution in [2.75, 3.05) is 0 Å². The molecule has 0 aromatic heterocycles. The zero-order valence-electron chi connectivity index (χ0n) is 17.9. The molecule has 0 saturated heterocycles. The lowest BCUT2D eigenvalue weighted by atomic mass is 10.00. The standard InChI is InChI=1S/C22H25NO6S3/c1-17-9-11-21(12-10-17)31(26,27)22(14-13-18(2)19(3)15-22)32(28,29)23-30(24,25)16-20-7-5-4-6-8-20/h4-14,23H,15-16H2,1-3H3. The van der Waals surface area contributed by atoms with E-state index in [2.05, 4.69) is 0 Å². The summed E-state index contributed by atoms with van der Waals surface area (Å²) in [4.78, 5) is -0.203. The Labute approximate surface area is 189 Å². The first kappa shape index (κ1) is 24.4. The first-order chi connectivity index (χ1) is 14.8. The van der Waals surface area contributed by atoms with Crippen LogP contribution in [0.15, 0.2) is 82.8 Å². The van der Waals surface area contributed by atoms with Crippen molar-refractivity contribution in [3.63, 3.8) is 0 Å². The predicted molar refractivity (Wildman–Crippen MR) is 124 cm³/mol. The molecule has 2 aromatic rings. The van der Waals surface area contributed by atoms with E-state index in [1.807, 2.05) is 0 Å². The molecule has 3 rings (SSSR count). The molecule has 1 aliphatic rings. The van der Waals surface area contributed by atoms with Gasteiger partial charge in [0.25, 0.3) is 0 Å². The second-order valence-corrected chi connectivity index (χ2v) is 14.3. The van der Waals surface area contributed by atoms with Crippen LogP contribution < -0.4 is 4.13 Å². The molecule has 1 aliphatic carbocycles. The van der Waals surface area contributed by atoms with E-state index in [4.69, 9.17) is 0 Å². The second kappa shape index (κ2) is 8.58. The van der Waals surface area contributed by atoms with Gasteiger partial charge in [-0.25, -0.2) is 25.3 Å². The lowest BCUT2D eigenvalue weighted by molar-refractivity contribution is 0.549. The van der Waals surface area contributed by atoms with E-state index in [9.17, 15) is 25.3 Å². The Morgan fingerprint density at radius 1 is 0.844 bits per heavy atom. The van der Waals surface area contributed by atoms with Gasteiger partial charge in [-0.3, -0.25) is 0 Å². The molecule has 0 radical (unpaired) electrons. The zero-order valence-corrected chi connectivity index (χ0v) is 20.4. The summed E-state index contributed by atoms with van der Waals surface area (Å²) in [7, 11) is -13.9. The third-order valence-electron chi connectivity index (χ3n) is 5.45. The highest BCUT2D eigenvalue weighted by molar-refractivity contribution is 8.14. The van der Waals surface area contributed by atoms with Crippen LogP contribution in [0.4, 0.5) is 0 Å². The van der Waals surface area contributed by atoms with Gasteiger partial charge in [0.1, 0.15) is 0 Å². The van der Waals surface area contributed by atoms with Crippen LogP contribution in [0.5, 0.6) is 0 Å². The van der Waals surface area contributed by atoms with Crippen LogP contribution in [-0.2, 0) is 35.6 Å². The number of hydrogen-bond acceptors (Lipinski definition) is 6. The quantitative estimate of drug-likeness (QED) is 0.631. The van der Waals surface area contributed by atoms with Crippen molar-refractivity contribution in [3.05, 3.63) is 89.0 Å². The molecule has 7 nitrogen and oxygen atoms in total. The van der Waals surface area contributed by atoms with Crippen LogP contribution in [0.25, 0.3) is 0 Å². The average Bonchev–Trinajstić information content (AvgIpc) is 2.69. The van der Waals surface area contributed by atoms with E-state index in [0.717, 1.165) is 17.2 Å². The third-order valence-corrected chi connectivity index (χ3v) is 12.6. The molecule has 0 heterocycles. The van der Waals surface area contributed by atoms with Crippen molar-refractivity contribution in [1.29, 1.82) is 0 Å². The van der Waals surface area contributed by atoms with Gasteiger partial charge in [0.15, 0.2) is 0 Å². The first-order valence-corrected chi connectivity index (χ1v) is 14.4. The molecule has 0 fully saturated rings. The van der Waals surface area contributed by atoms with Crippen LogP contribution in [0, 0.1) is 6.92 Å². The van der Waals surface area contributed by atoms with Crippen LogP contribution in [0.3, 0.4) is 0 Å². The average molecular weight is 496 g/mol. The fourth-order valence-electron chi connectivity index (χ4n) is 3.45. The number of aryl methyl sites for hydroxylation is 1. The van der Waals surface area contributed by atoms with E-state index in [1.54, 1.807) is 67.4 Å². The summed E-state index contributed by atoms with van der Waals surface area (Å²) in [5, 5.41) is 0. The van der Waals surface area contributed by atoms with Gasteiger partial charge in [-0.2, -0.15) is 0 Å². The SMILES string of the molecule is CC1=C(C)CC(S(=O)(=O)NS(=O)(=O)Cc2ccccc2)(S(=O)(=O)c2ccc(C)cc2)C=C1. The molecule has 0 aliphatic heterocycles. The Hall–Kier alpha value is -2.27. The minimum Gasteiger partial charge on any atom is -0.222 e. The summed E-state index contributed by atoms with van der Waals surface area (Å²) in [5.41, 5.74) is 2.43. The second-order valence-electron chi connectivity index (χ2n) is 7.93. The highest BCUT2D eigenvalue weighted by atomic mass is 32.3. The molecule has 1 N–H and O–H groups in total. The van der Waals surface area contributed by atoms with Gasteiger partial charge in [0.05, 0.1) is 10.6 Å². The number of rotatable bonds is 7. The first-order valence-electron chi connectivity index (χ1n) is 9.76. The van der Waals surface area contributed by atoms with Crippen LogP contribution in [-0.4, -0.2) is 29.3 Å². The minimum absolute atomic E-state index is 0.203. The highest BCUT2D eigenvalue weighted by Crippen LogP contribution is 2.41. The van der Waals surface area contributed by atoms with E-state index in [-0.39, 0.29) is 11.3 Å². The molecule has 10 heteroatoms. The maximum atomic E-state index is 13.7. The molecule has 0 spiro atoms. The predicted octanol–water partition coefficient (Wildman–Crippen LogP) is 3.21. The fourth-order valence-corrected chi connectivity index (χ4v) is 10.2. The topological polar surface area (TPSA) is 114 Å². The monoisotopic (exact) mass is 495 g/mol. The largest absolute Gasteiger partial charge is 0.249 e. The Bertz CT molecular complexity index is 1390. The van der Waals surface area contributed by atoms with Crippen molar-refractivity contribution in [2.45, 2.75) is 41.9 Å². The molecule has 1 atom stereocenters. The molecule has 0 bridgehead atoms. The van der Waals surface area contributed by atoms with E-state index in [1.165, 1.54) is 18.2 Å². The Kier molecular flexibility index (Phi) is 6.54. The van der Waals surface area contributed by atoms with Gasteiger partial charge < -0.3 is 0 Å². The summed E-state index contributed by atoms with van der Waals surface area (Å²) in [5.74, 6) is -0.606. The fraction of sp³-hybridized carbons (Fsp3) is 0.273. The maximum Gasteiger partial charge on any atom is 0.249 e. The number of sulfone groups is 1. The van der Waals surface area contributed by atoms with E-state index >= 15 is 0 Å². The van der Waals surface area contributed by atoms with Crippen LogP contribution >= 0.6 is 0 Å². The number of nitrogens with one attached hydrogen (secondary N) is 1. The van der Waals surface area contributed by atoms with Gasteiger partial charge in [-0.05, 0) is 44.5 Å². The summed E-state index contributed by atoms with van der Waals surface area (Å²) in [6.07, 6.45) is 2.10. The van der Waals surface area contributed by atoms with Gasteiger partial charge in [0, 0.05) is 6.42 Å². The molecule has 1 unspecified atom stereocenters. The Morgan fingerprint density at radius 3 is 2.00 bits per heavy atom. The summed E-state index contributed by atoms with van der Waals surface area (Å²) < 4.78 is 79.0. The van der Waals surface area contributed by atoms with Gasteiger partial charge in [-0.1, -0.05) is 65.3 Å². The van der Waals surface area contributed by atoms with Crippen molar-refractivity contribution >= 4 is 29.9 Å². The Balaban J connectivity index is 2.12. The van der Waals surface area contributed by atoms with Crippen molar-refractivity contribution in [3.8, 4) is 0 Å². The number of benzene rings is 2. The van der Waals surface area contributed by atoms with Gasteiger partial charge >= 0.3 is 0 Å². The van der Waals surface area contributed by atoms with Crippen molar-refractivity contribution in [1.82, 2.24) is 4.13 Å². The molecule has 172 valence electrons. The highest BCUT2D eigenvalue weighted by Gasteiger charge is 2.56. The lowest BCUT2D eigenvalue weighted by Crippen LogP contribution is -2.53. The van der Waals surface area contributed by atoms with E-state index in [0.29, 0.717) is 11.1 Å². The molecule has 0 amide bonds. The summed E-state index contributed by atoms with van der Waals surface area (Å²) in [6.45, 7) is 5.14. The summed E-state index contributed by atoms with van der Waals surface area (Å²) in [6, 6.07) is 13.8. The molecule has 2 aromatic carbocycles. The summed E-state index contributed by atoms with van der Waals surface area (Å²) >= 11 is 0. The lowest BCUT2D eigenvalue weighted by Gasteiger charge is -2.33. The zero-order chi connectivity index (χ0) is 23.8. The number of allylic oxidation sites excluding steroid dienone is 3. The molecular weight excluding hydrogens is 470 g/mol. The van der Waals surface area contributed by atoms with Gasteiger partial charge in [-0.15, -0.1) is 4.13 Å². The van der Waals surface area contributed by atoms with Crippen molar-refractivity contribution < 1.29 is 25.3 Å². The van der Waals surface area contributed by atoms with Gasteiger partial charge in [0.2, 0.25) is 34.0 Å². The maximum absolute atomic E-state index is 13.7. The smallest absolute Gasteiger partial charge is 0.222 e. The van der Waals surface area contributed by atoms with Crippen molar-refractivity contribution in [2.24, 2.45) is 0 Å². The number of hydrogen-bond donors (Lipinski definition) is 1. The molecule has 0 saturated carbocycles. The van der Waals surface area contributed by atoms with E-state index < -0.39 is 39.7 Å². The molecular formula is C22H25NO6S3.